The molecule has 0 amide bonds. The maximum Gasteiger partial charge on any atom is 0.303 e. The van der Waals surface area contributed by atoms with E-state index >= 15 is 0 Å². The molecular formula is C11H16N2O2. The minimum absolute atomic E-state index is 0.161. The molecule has 0 bridgehead atoms. The second kappa shape index (κ2) is 3.68. The summed E-state index contributed by atoms with van der Waals surface area (Å²) in [5, 5.41) is 16.1. The van der Waals surface area contributed by atoms with Crippen molar-refractivity contribution in [2.24, 2.45) is 0 Å². The smallest absolute Gasteiger partial charge is 0.303 e. The van der Waals surface area contributed by atoms with E-state index in [4.69, 9.17) is 5.11 Å². The number of aryl methyl sites for hydroxylation is 1. The predicted octanol–water partition coefficient (Wildman–Crippen LogP) is 2.04. The van der Waals surface area contributed by atoms with E-state index in [1.54, 1.807) is 0 Å². The van der Waals surface area contributed by atoms with Gasteiger partial charge in [-0.3, -0.25) is 9.89 Å². The van der Waals surface area contributed by atoms with Crippen LogP contribution in [0.1, 0.15) is 55.5 Å². The summed E-state index contributed by atoms with van der Waals surface area (Å²) < 4.78 is 0. The molecule has 0 radical (unpaired) electrons. The fourth-order valence-electron chi connectivity index (χ4n) is 2.37. The van der Waals surface area contributed by atoms with Gasteiger partial charge in [0.15, 0.2) is 0 Å². The lowest BCUT2D eigenvalue weighted by Gasteiger charge is -2.10. The predicted molar refractivity (Wildman–Crippen MR) is 56.0 cm³/mol. The van der Waals surface area contributed by atoms with Crippen molar-refractivity contribution >= 4 is 5.97 Å². The van der Waals surface area contributed by atoms with Crippen LogP contribution in [0.5, 0.6) is 0 Å². The van der Waals surface area contributed by atoms with E-state index in [0.29, 0.717) is 5.92 Å². The van der Waals surface area contributed by atoms with E-state index in [0.717, 1.165) is 24.2 Å². The molecule has 0 spiro atoms. The minimum Gasteiger partial charge on any atom is -0.481 e. The molecule has 2 N–H and O–H groups in total. The van der Waals surface area contributed by atoms with Crippen molar-refractivity contribution in [3.8, 4) is 0 Å². The van der Waals surface area contributed by atoms with E-state index in [9.17, 15) is 4.79 Å². The van der Waals surface area contributed by atoms with Gasteiger partial charge >= 0.3 is 5.97 Å². The fraction of sp³-hybridized carbons (Fsp3) is 0.636. The summed E-state index contributed by atoms with van der Waals surface area (Å²) in [5.41, 5.74) is 3.37. The number of carbonyl (C=O) groups is 1. The highest BCUT2D eigenvalue weighted by Crippen LogP contribution is 2.38. The molecule has 0 saturated heterocycles. The topological polar surface area (TPSA) is 66.0 Å². The average Bonchev–Trinajstić information content (AvgIpc) is 2.66. The third-order valence-corrected chi connectivity index (χ3v) is 3.03. The van der Waals surface area contributed by atoms with Crippen LogP contribution >= 0.6 is 0 Å². The molecule has 0 fully saturated rings. The fourth-order valence-corrected chi connectivity index (χ4v) is 2.37. The van der Waals surface area contributed by atoms with E-state index in [2.05, 4.69) is 24.0 Å². The third kappa shape index (κ3) is 1.76. The van der Waals surface area contributed by atoms with Crippen molar-refractivity contribution in [3.63, 3.8) is 0 Å². The van der Waals surface area contributed by atoms with E-state index in [1.165, 1.54) is 5.56 Å². The Morgan fingerprint density at radius 3 is 3.00 bits per heavy atom. The van der Waals surface area contributed by atoms with Crippen LogP contribution in [0.4, 0.5) is 0 Å². The number of rotatable bonds is 3. The molecule has 82 valence electrons. The lowest BCUT2D eigenvalue weighted by Crippen LogP contribution is -2.05. The van der Waals surface area contributed by atoms with Gasteiger partial charge in [-0.2, -0.15) is 5.10 Å². The highest BCUT2D eigenvalue weighted by Gasteiger charge is 2.30. The molecule has 1 atom stereocenters. The largest absolute Gasteiger partial charge is 0.481 e. The SMILES string of the molecule is CC(C)c1n[nH]c2c1C(CC(=O)O)CC2. The standard InChI is InChI=1S/C11H16N2O2/c1-6(2)11-10-7(5-9(14)15)3-4-8(10)12-13-11/h6-7H,3-5H2,1-2H3,(H,12,13)(H,14,15). The first-order chi connectivity index (χ1) is 7.09. The molecule has 1 heterocycles. The van der Waals surface area contributed by atoms with Crippen LogP contribution in [-0.4, -0.2) is 21.3 Å². The number of aromatic nitrogens is 2. The summed E-state index contributed by atoms with van der Waals surface area (Å²) in [7, 11) is 0. The summed E-state index contributed by atoms with van der Waals surface area (Å²) in [5.74, 6) is -0.197. The Bertz CT molecular complexity index is 382. The van der Waals surface area contributed by atoms with E-state index in [-0.39, 0.29) is 12.3 Å². The van der Waals surface area contributed by atoms with Crippen molar-refractivity contribution in [1.82, 2.24) is 10.2 Å². The molecule has 15 heavy (non-hydrogen) atoms. The van der Waals surface area contributed by atoms with E-state index in [1.807, 2.05) is 0 Å². The molecule has 0 aromatic carbocycles. The van der Waals surface area contributed by atoms with Crippen LogP contribution in [0.3, 0.4) is 0 Å². The second-order valence-corrected chi connectivity index (χ2v) is 4.49. The number of hydrogen-bond donors (Lipinski definition) is 2. The number of carboxylic acid groups (broad SMARTS) is 1. The van der Waals surface area contributed by atoms with Gasteiger partial charge in [-0.1, -0.05) is 13.8 Å². The Kier molecular flexibility index (Phi) is 2.50. The van der Waals surface area contributed by atoms with Crippen LogP contribution in [0.2, 0.25) is 0 Å². The first-order valence-electron chi connectivity index (χ1n) is 5.38. The third-order valence-electron chi connectivity index (χ3n) is 3.03. The average molecular weight is 208 g/mol. The zero-order chi connectivity index (χ0) is 11.0. The van der Waals surface area contributed by atoms with Gasteiger partial charge in [-0.25, -0.2) is 0 Å². The first kappa shape index (κ1) is 10.2. The Balaban J connectivity index is 2.30. The number of aromatic amines is 1. The van der Waals surface area contributed by atoms with Crippen molar-refractivity contribution in [2.45, 2.75) is 44.9 Å². The number of hydrogen-bond acceptors (Lipinski definition) is 2. The van der Waals surface area contributed by atoms with Gasteiger partial charge in [-0.15, -0.1) is 0 Å². The molecule has 1 aromatic rings. The van der Waals surface area contributed by atoms with Gasteiger partial charge in [0.2, 0.25) is 0 Å². The molecule has 4 heteroatoms. The Morgan fingerprint density at radius 1 is 1.67 bits per heavy atom. The van der Waals surface area contributed by atoms with Crippen LogP contribution in [0.15, 0.2) is 0 Å². The number of carboxylic acids is 1. The van der Waals surface area contributed by atoms with Crippen LogP contribution < -0.4 is 0 Å². The molecule has 1 aliphatic carbocycles. The highest BCUT2D eigenvalue weighted by atomic mass is 16.4. The van der Waals surface area contributed by atoms with Crippen molar-refractivity contribution < 1.29 is 9.90 Å². The molecule has 0 saturated carbocycles. The van der Waals surface area contributed by atoms with E-state index < -0.39 is 5.97 Å². The highest BCUT2D eigenvalue weighted by molar-refractivity contribution is 5.68. The molecule has 2 rings (SSSR count). The van der Waals surface area contributed by atoms with Gasteiger partial charge < -0.3 is 5.11 Å². The quantitative estimate of drug-likeness (QED) is 0.798. The zero-order valence-electron chi connectivity index (χ0n) is 9.08. The Hall–Kier alpha value is -1.32. The monoisotopic (exact) mass is 208 g/mol. The summed E-state index contributed by atoms with van der Waals surface area (Å²) in [6, 6.07) is 0. The van der Waals surface area contributed by atoms with Crippen LogP contribution in [0.25, 0.3) is 0 Å². The van der Waals surface area contributed by atoms with Crippen molar-refractivity contribution in [3.05, 3.63) is 17.0 Å². The molecular weight excluding hydrogens is 192 g/mol. The number of fused-ring (bicyclic) bond motifs is 1. The van der Waals surface area contributed by atoms with Gasteiger partial charge in [0.25, 0.3) is 0 Å². The normalized spacial score (nSPS) is 19.5. The molecule has 0 aliphatic heterocycles. The molecule has 1 aromatic heterocycles. The first-order valence-corrected chi connectivity index (χ1v) is 5.38. The number of nitrogens with zero attached hydrogens (tertiary/aromatic N) is 1. The summed E-state index contributed by atoms with van der Waals surface area (Å²) >= 11 is 0. The maximum absolute atomic E-state index is 10.7. The lowest BCUT2D eigenvalue weighted by molar-refractivity contribution is -0.137. The number of nitrogens with one attached hydrogen (secondary N) is 1. The van der Waals surface area contributed by atoms with Gasteiger partial charge in [0, 0.05) is 11.3 Å². The zero-order valence-corrected chi connectivity index (χ0v) is 9.08. The summed E-state index contributed by atoms with van der Waals surface area (Å²) in [6.07, 6.45) is 2.11. The summed E-state index contributed by atoms with van der Waals surface area (Å²) in [4.78, 5) is 10.7. The lowest BCUT2D eigenvalue weighted by atomic mass is 9.94. The number of H-pyrrole nitrogens is 1. The minimum atomic E-state index is -0.719. The maximum atomic E-state index is 10.7. The van der Waals surface area contributed by atoms with Crippen LogP contribution in [0, 0.1) is 0 Å². The Morgan fingerprint density at radius 2 is 2.40 bits per heavy atom. The summed E-state index contributed by atoms with van der Waals surface area (Å²) in [6.45, 7) is 4.18. The van der Waals surface area contributed by atoms with Crippen molar-refractivity contribution in [2.75, 3.05) is 0 Å². The van der Waals surface area contributed by atoms with Crippen molar-refractivity contribution in [1.29, 1.82) is 0 Å². The molecule has 4 nitrogen and oxygen atoms in total. The second-order valence-electron chi connectivity index (χ2n) is 4.49. The van der Waals surface area contributed by atoms with Gasteiger partial charge in [0.1, 0.15) is 0 Å². The van der Waals surface area contributed by atoms with Gasteiger partial charge in [0.05, 0.1) is 12.1 Å². The number of aliphatic carboxylic acids is 1. The Labute approximate surface area is 88.7 Å². The van der Waals surface area contributed by atoms with Crippen LogP contribution in [-0.2, 0) is 11.2 Å². The molecule has 1 aliphatic rings. The van der Waals surface area contributed by atoms with Gasteiger partial charge in [-0.05, 0) is 24.7 Å². The molecule has 1 unspecified atom stereocenters.